The van der Waals surface area contributed by atoms with Crippen LogP contribution in [0, 0.1) is 22.3 Å². The maximum atomic E-state index is 11.2. The third-order valence-corrected chi connectivity index (χ3v) is 18.8. The fourth-order valence-electron chi connectivity index (χ4n) is 12.4. The first-order valence-electron chi connectivity index (χ1n) is 36.4. The second-order valence-corrected chi connectivity index (χ2v) is 33.4. The molecule has 12 nitrogen and oxygen atoms in total. The van der Waals surface area contributed by atoms with Gasteiger partial charge in [-0.3, -0.25) is 30.0 Å². The zero-order valence-corrected chi connectivity index (χ0v) is 72.0. The van der Waals surface area contributed by atoms with E-state index in [1.165, 1.54) is 11.1 Å². The summed E-state index contributed by atoms with van der Waals surface area (Å²) in [6, 6.07) is 39.7. The standard InChI is InChI=1S/C37H50N2O2.C28H44N2O2.C24H26N2O2.3CH3.3Co/c1-34(2,3)27-17-25(32(40)29(19-27)36(7,8)9)22-38-21-24-15-13-14-16-31(24)39-23-26-18-28(35(4,5)6)20-30(33(26)41)37(10,11)12;1-10-22(19(3)31)18(2)30-25-14-12-11-13-24(25)29-17-20-15-21(27(4,5)6)16-23(26(20)32)28(7,8)9;27-23(19-9-3-1-4-10-19)15-17-25-21-13-7-8-14-22(21)26-18-16-24(28)20-11-5-2-6-12-20;;;;;;/h13-20,22-23,40-41H,21H2,1-12H3;15-17,24-25,31-32H,10-14H2,1-9H3;1-6,9-12,15-18,21-22,27-28H,7-8,13-14H2;3*1H3;;;/q;;;3*-1;;;. The Bertz CT molecular complexity index is 3950. The van der Waals surface area contributed by atoms with Crippen molar-refractivity contribution in [3.8, 4) is 17.2 Å². The van der Waals surface area contributed by atoms with Gasteiger partial charge >= 0.3 is 0 Å². The van der Waals surface area contributed by atoms with Crippen LogP contribution in [0.25, 0.3) is 11.5 Å². The van der Waals surface area contributed by atoms with Crippen LogP contribution in [0.15, 0.2) is 175 Å². The van der Waals surface area contributed by atoms with E-state index < -0.39 is 0 Å². The molecule has 2 saturated carbocycles. The third-order valence-electron chi connectivity index (χ3n) is 18.8. The number of phenols is 3. The number of para-hydroxylation sites is 1. The van der Waals surface area contributed by atoms with Crippen LogP contribution in [-0.2, 0) is 89.4 Å². The van der Waals surface area contributed by atoms with Gasteiger partial charge < -0.3 is 52.9 Å². The Morgan fingerprint density at radius 1 is 0.421 bits per heavy atom. The Balaban J connectivity index is 0.00000156. The Morgan fingerprint density at radius 3 is 1.11 bits per heavy atom. The number of phenolic OH excluding ortho intramolecular Hbond substituents is 3. The monoisotopic (exact) mass is 1590 g/mol. The number of rotatable bonds is 16. The molecular weight excluding hydrogens is 1460 g/mol. The van der Waals surface area contributed by atoms with Crippen molar-refractivity contribution in [3.63, 3.8) is 0 Å². The summed E-state index contributed by atoms with van der Waals surface area (Å²) in [7, 11) is 0. The molecule has 0 saturated heterocycles. The number of aliphatic imine (C=N–C) groups is 6. The number of aromatic hydroxyl groups is 3. The minimum absolute atomic E-state index is 0. The number of nitrogens with zero attached hydrogens (tertiary/aromatic N) is 6. The molecule has 6 aromatic carbocycles. The first kappa shape index (κ1) is 99.9. The van der Waals surface area contributed by atoms with Gasteiger partial charge in [0, 0.05) is 137 Å². The molecule has 2 aliphatic rings. The topological polar surface area (TPSA) is 196 Å². The quantitative estimate of drug-likeness (QED) is 0.0317. The van der Waals surface area contributed by atoms with Crippen LogP contribution >= 0.6 is 0 Å². The average molecular weight is 1590 g/mol. The predicted octanol–water partition coefficient (Wildman–Crippen LogP) is 24.1. The number of aliphatic hydroxyl groups excluding tert-OH is 3. The number of allylic oxidation sites excluding steroid dienone is 4. The normalized spacial score (nSPS) is 17.3. The van der Waals surface area contributed by atoms with Crippen LogP contribution in [0.3, 0.4) is 0 Å². The fourth-order valence-corrected chi connectivity index (χ4v) is 12.4. The number of hydrogen-bond donors (Lipinski definition) is 6. The summed E-state index contributed by atoms with van der Waals surface area (Å²) < 4.78 is 0. The second kappa shape index (κ2) is 43.9. The molecule has 0 aliphatic heterocycles. The van der Waals surface area contributed by atoms with Gasteiger partial charge in [-0.2, -0.15) is 0 Å². The van der Waals surface area contributed by atoms with E-state index in [1.807, 2.05) is 117 Å². The summed E-state index contributed by atoms with van der Waals surface area (Å²) in [6.45, 7) is 44.9. The first-order valence-corrected chi connectivity index (χ1v) is 36.4. The van der Waals surface area contributed by atoms with Gasteiger partial charge in [-0.25, -0.2) is 0 Å². The largest absolute Gasteiger partial charge is 0.512 e. The van der Waals surface area contributed by atoms with E-state index in [-0.39, 0.29) is 152 Å². The van der Waals surface area contributed by atoms with Crippen LogP contribution in [0.5, 0.6) is 17.2 Å². The van der Waals surface area contributed by atoms with Gasteiger partial charge in [-0.1, -0.05) is 254 Å². The van der Waals surface area contributed by atoms with E-state index in [0.29, 0.717) is 23.6 Å². The molecule has 0 amide bonds. The molecule has 593 valence electrons. The SMILES string of the molecule is CC(C)(C)c1cc(C=NCc2ccccc2N=Cc2cc(C(C)(C)C)cc(C(C)(C)C)c2O)c(O)c(C(C)(C)C)c1.CCC(C(C)=NC1CCCCC1N=Cc1cc(C(C)(C)C)cc(C(C)(C)C)c1O)=C(C)O.OC(=CC=NC1CCCCC1N=CC=C(O)c1ccccc1)c1ccccc1.[CH3-].[CH3-].[CH3-].[Co].[Co].[Co]. The minimum Gasteiger partial charge on any atom is -0.512 e. The molecule has 0 aromatic heterocycles. The Labute approximate surface area is 677 Å². The molecule has 0 heterocycles. The van der Waals surface area contributed by atoms with Crippen LogP contribution in [0.1, 0.15) is 270 Å². The molecule has 2 aliphatic carbocycles. The Morgan fingerprint density at radius 2 is 0.757 bits per heavy atom. The zero-order valence-electron chi connectivity index (χ0n) is 68.8. The fraction of sp³-hybridized carbons (Fsp3) is 0.446. The van der Waals surface area contributed by atoms with Crippen LogP contribution in [0.4, 0.5) is 5.69 Å². The molecular formula is C92H129Co3N6O6-3. The molecule has 4 atom stereocenters. The van der Waals surface area contributed by atoms with Gasteiger partial charge in [0.15, 0.2) is 0 Å². The van der Waals surface area contributed by atoms with Gasteiger partial charge in [0.05, 0.1) is 42.2 Å². The number of aliphatic hydroxyl groups is 3. The Hall–Kier alpha value is -7.12. The maximum absolute atomic E-state index is 11.2. The van der Waals surface area contributed by atoms with Crippen molar-refractivity contribution < 1.29 is 81.0 Å². The number of benzene rings is 6. The summed E-state index contributed by atoms with van der Waals surface area (Å²) in [5.41, 5.74) is 13.0. The van der Waals surface area contributed by atoms with Crippen molar-refractivity contribution in [2.24, 2.45) is 30.0 Å². The number of hydrogen-bond acceptors (Lipinski definition) is 12. The molecule has 3 radical (unpaired) electrons. The van der Waals surface area contributed by atoms with Crippen molar-refractivity contribution in [1.29, 1.82) is 0 Å². The van der Waals surface area contributed by atoms with Gasteiger partial charge in [-0.05, 0) is 137 Å². The molecule has 6 aromatic rings. The van der Waals surface area contributed by atoms with E-state index in [1.54, 1.807) is 43.9 Å². The summed E-state index contributed by atoms with van der Waals surface area (Å²) in [6.07, 6.45) is 21.3. The maximum Gasteiger partial charge on any atom is 0.128 e. The summed E-state index contributed by atoms with van der Waals surface area (Å²) >= 11 is 0. The van der Waals surface area contributed by atoms with E-state index in [0.717, 1.165) is 125 Å². The zero-order chi connectivity index (χ0) is 74.8. The second-order valence-electron chi connectivity index (χ2n) is 33.4. The van der Waals surface area contributed by atoms with E-state index in [4.69, 9.17) is 20.0 Å². The van der Waals surface area contributed by atoms with Crippen molar-refractivity contribution >= 4 is 54.0 Å². The van der Waals surface area contributed by atoms with Gasteiger partial charge in [0.25, 0.3) is 0 Å². The van der Waals surface area contributed by atoms with Gasteiger partial charge in [-0.15, -0.1) is 0 Å². The van der Waals surface area contributed by atoms with Gasteiger partial charge in [0.1, 0.15) is 28.8 Å². The predicted molar refractivity (Wildman–Crippen MR) is 450 cm³/mol. The molecule has 8 rings (SSSR count). The molecule has 2 fully saturated rings. The molecule has 15 heteroatoms. The smallest absolute Gasteiger partial charge is 0.128 e. The average Bonchev–Trinajstić information content (AvgIpc) is 0.795. The van der Waals surface area contributed by atoms with Crippen LogP contribution < -0.4 is 0 Å². The molecule has 107 heavy (non-hydrogen) atoms. The first-order chi connectivity index (χ1) is 47.2. The molecule has 0 bridgehead atoms. The molecule has 6 N–H and O–H groups in total. The van der Waals surface area contributed by atoms with E-state index in [9.17, 15) is 30.6 Å². The van der Waals surface area contributed by atoms with Crippen molar-refractivity contribution in [3.05, 3.63) is 234 Å². The Kier molecular flexibility index (Phi) is 41.0. The van der Waals surface area contributed by atoms with Crippen molar-refractivity contribution in [2.75, 3.05) is 0 Å². The molecule has 4 unspecified atom stereocenters. The minimum atomic E-state index is -0.205. The summed E-state index contributed by atoms with van der Waals surface area (Å²) in [5.74, 6) is 1.64. The van der Waals surface area contributed by atoms with Crippen LogP contribution in [-0.4, -0.2) is 91.6 Å². The third kappa shape index (κ3) is 30.0. The summed E-state index contributed by atoms with van der Waals surface area (Å²) in [4.78, 5) is 28.7. The van der Waals surface area contributed by atoms with Crippen molar-refractivity contribution in [2.45, 2.75) is 266 Å². The summed E-state index contributed by atoms with van der Waals surface area (Å²) in [5, 5.41) is 63.6. The van der Waals surface area contributed by atoms with E-state index >= 15 is 0 Å². The van der Waals surface area contributed by atoms with Crippen molar-refractivity contribution in [1.82, 2.24) is 0 Å². The van der Waals surface area contributed by atoms with E-state index in [2.05, 4.69) is 159 Å². The molecule has 0 spiro atoms. The van der Waals surface area contributed by atoms with Crippen LogP contribution in [0.2, 0.25) is 0 Å². The van der Waals surface area contributed by atoms with Gasteiger partial charge in [0.2, 0.25) is 0 Å².